The van der Waals surface area contributed by atoms with Crippen molar-refractivity contribution in [3.8, 4) is 16.6 Å². The predicted molar refractivity (Wildman–Crippen MR) is 139 cm³/mol. The Hall–Kier alpha value is -3.08. The summed E-state index contributed by atoms with van der Waals surface area (Å²) >= 11 is 1.44. The van der Waals surface area contributed by atoms with Crippen molar-refractivity contribution in [3.05, 3.63) is 39.8 Å². The van der Waals surface area contributed by atoms with Gasteiger partial charge in [0.2, 0.25) is 0 Å². The molecule has 3 aromatic rings. The van der Waals surface area contributed by atoms with E-state index in [2.05, 4.69) is 21.7 Å². The van der Waals surface area contributed by atoms with E-state index in [9.17, 15) is 14.9 Å². The Labute approximate surface area is 219 Å². The number of amides is 1. The van der Waals surface area contributed by atoms with E-state index < -0.39 is 12.1 Å². The van der Waals surface area contributed by atoms with Crippen molar-refractivity contribution in [2.45, 2.75) is 37.6 Å². The van der Waals surface area contributed by atoms with Crippen molar-refractivity contribution >= 4 is 28.3 Å². The highest BCUT2D eigenvalue weighted by Gasteiger charge is 2.25. The monoisotopic (exact) mass is 528 g/mol. The number of hydrogen-bond donors (Lipinski definition) is 2. The van der Waals surface area contributed by atoms with Crippen LogP contribution in [0, 0.1) is 11.3 Å². The summed E-state index contributed by atoms with van der Waals surface area (Å²) < 4.78 is 18.1. The molecule has 0 aliphatic carbocycles. The molecule has 3 atom stereocenters. The number of oxazole rings is 1. The number of nitrogens with zero attached hydrogens (tertiary/aromatic N) is 4. The predicted octanol–water partition coefficient (Wildman–Crippen LogP) is 1.22. The van der Waals surface area contributed by atoms with Gasteiger partial charge in [-0.15, -0.1) is 11.3 Å². The lowest BCUT2D eigenvalue weighted by Crippen LogP contribution is -2.49. The van der Waals surface area contributed by atoms with Gasteiger partial charge in [-0.25, -0.2) is 9.78 Å². The Morgan fingerprint density at radius 1 is 1.46 bits per heavy atom. The molecule has 2 N–H and O–H groups in total. The number of carbonyl (C=O) groups excluding carboxylic acids is 1. The van der Waals surface area contributed by atoms with E-state index in [1.807, 2.05) is 31.1 Å². The molecule has 3 heterocycles. The second-order valence-electron chi connectivity index (χ2n) is 9.20. The maximum absolute atomic E-state index is 12.8. The van der Waals surface area contributed by atoms with Gasteiger partial charge in [0.15, 0.2) is 5.58 Å². The molecule has 37 heavy (non-hydrogen) atoms. The minimum atomic E-state index is -0.722. The average Bonchev–Trinajstić information content (AvgIpc) is 3.45. The number of ether oxygens (including phenoxy) is 2. The van der Waals surface area contributed by atoms with Crippen molar-refractivity contribution in [1.29, 1.82) is 5.26 Å². The van der Waals surface area contributed by atoms with E-state index in [1.54, 1.807) is 23.9 Å². The van der Waals surface area contributed by atoms with Gasteiger partial charge in [0.25, 0.3) is 5.91 Å². The van der Waals surface area contributed by atoms with Crippen LogP contribution in [0.4, 0.5) is 0 Å². The lowest BCUT2D eigenvalue weighted by Gasteiger charge is -2.25. The van der Waals surface area contributed by atoms with Crippen LogP contribution in [0.5, 0.6) is 0 Å². The first kappa shape index (κ1) is 27.0. The lowest BCUT2D eigenvalue weighted by atomic mass is 10.2. The van der Waals surface area contributed by atoms with Crippen LogP contribution in [0.25, 0.3) is 21.7 Å². The third-order valence-corrected chi connectivity index (χ3v) is 7.27. The Morgan fingerprint density at radius 2 is 2.30 bits per heavy atom. The first-order chi connectivity index (χ1) is 17.9. The quantitative estimate of drug-likeness (QED) is 0.420. The molecule has 1 fully saturated rings. The normalized spacial score (nSPS) is 19.3. The second kappa shape index (κ2) is 12.4. The van der Waals surface area contributed by atoms with Crippen molar-refractivity contribution in [1.82, 2.24) is 25.1 Å². The van der Waals surface area contributed by atoms with Crippen LogP contribution in [0.1, 0.15) is 11.3 Å². The fourth-order valence-corrected chi connectivity index (χ4v) is 5.01. The summed E-state index contributed by atoms with van der Waals surface area (Å²) in [6.07, 6.45) is 2.07. The molecule has 1 aromatic carbocycles. The molecule has 198 valence electrons. The summed E-state index contributed by atoms with van der Waals surface area (Å²) in [6.45, 7) is 2.65. The summed E-state index contributed by atoms with van der Waals surface area (Å²) in [5.41, 5.74) is 2.09. The van der Waals surface area contributed by atoms with Gasteiger partial charge in [0.1, 0.15) is 17.2 Å². The molecule has 1 saturated heterocycles. The molecule has 1 amide bonds. The van der Waals surface area contributed by atoms with E-state index in [1.165, 1.54) is 11.3 Å². The number of hydrogen-bond acceptors (Lipinski definition) is 10. The smallest absolute Gasteiger partial charge is 0.408 e. The minimum Gasteiger partial charge on any atom is -0.408 e. The maximum atomic E-state index is 12.8. The number of methoxy groups -OCH3 is 1. The number of nitrogens with one attached hydrogen (secondary N) is 2. The Morgan fingerprint density at radius 3 is 3.05 bits per heavy atom. The average molecular weight is 529 g/mol. The number of carbonyl (C=O) groups is 1. The number of aromatic nitrogens is 2. The lowest BCUT2D eigenvalue weighted by molar-refractivity contribution is -0.136. The van der Waals surface area contributed by atoms with Crippen LogP contribution in [0.15, 0.2) is 33.6 Å². The summed E-state index contributed by atoms with van der Waals surface area (Å²) in [5, 5.41) is 16.4. The van der Waals surface area contributed by atoms with Crippen LogP contribution >= 0.6 is 11.3 Å². The van der Waals surface area contributed by atoms with Gasteiger partial charge < -0.3 is 29.4 Å². The van der Waals surface area contributed by atoms with Crippen LogP contribution in [-0.4, -0.2) is 86.1 Å². The third kappa shape index (κ3) is 6.82. The fraction of sp³-hybridized carbons (Fsp3) is 0.520. The molecule has 2 aromatic heterocycles. The first-order valence-electron chi connectivity index (χ1n) is 12.2. The zero-order chi connectivity index (χ0) is 26.4. The Bertz CT molecular complexity index is 1310. The summed E-state index contributed by atoms with van der Waals surface area (Å²) in [5.74, 6) is -0.718. The number of likely N-dealkylation sites (N-methyl/N-ethyl adjacent to an activating group) is 1. The van der Waals surface area contributed by atoms with Crippen LogP contribution in [0.2, 0.25) is 0 Å². The van der Waals surface area contributed by atoms with E-state index in [0.29, 0.717) is 43.8 Å². The van der Waals surface area contributed by atoms with Gasteiger partial charge in [-0.2, -0.15) is 5.26 Å². The number of thiazole rings is 1. The van der Waals surface area contributed by atoms with E-state index in [-0.39, 0.29) is 17.8 Å². The van der Waals surface area contributed by atoms with Crippen LogP contribution in [0.3, 0.4) is 0 Å². The molecular formula is C25H32N6O5S. The van der Waals surface area contributed by atoms with Crippen LogP contribution in [-0.2, 0) is 27.2 Å². The molecule has 0 bridgehead atoms. The van der Waals surface area contributed by atoms with Gasteiger partial charge in [-0.3, -0.25) is 9.36 Å². The van der Waals surface area contributed by atoms with Gasteiger partial charge in [0, 0.05) is 49.8 Å². The number of benzene rings is 1. The van der Waals surface area contributed by atoms with E-state index in [4.69, 9.17) is 13.9 Å². The number of rotatable bonds is 9. The maximum Gasteiger partial charge on any atom is 0.419 e. The second-order valence-corrected chi connectivity index (χ2v) is 10.3. The molecule has 1 aliphatic rings. The topological polar surface area (TPSA) is 135 Å². The largest absolute Gasteiger partial charge is 0.419 e. The summed E-state index contributed by atoms with van der Waals surface area (Å²) in [4.78, 5) is 32.5. The molecule has 0 saturated carbocycles. The molecule has 11 nitrogen and oxygen atoms in total. The molecule has 0 radical (unpaired) electrons. The van der Waals surface area contributed by atoms with Crippen molar-refractivity contribution in [2.24, 2.45) is 0 Å². The fourth-order valence-electron chi connectivity index (χ4n) is 4.05. The molecule has 4 rings (SSSR count). The van der Waals surface area contributed by atoms with E-state index in [0.717, 1.165) is 28.4 Å². The van der Waals surface area contributed by atoms with Gasteiger partial charge in [-0.1, -0.05) is 0 Å². The highest BCUT2D eigenvalue weighted by Crippen LogP contribution is 2.28. The summed E-state index contributed by atoms with van der Waals surface area (Å²) in [6, 6.07) is 6.98. The highest BCUT2D eigenvalue weighted by atomic mass is 32.1. The SMILES string of the molecule is CO[C@@H]1CCNC[C@@H](C(=O)N[C@H](C#N)Cc2cnc(-c3ccc4oc(=O)n(CCN(C)C)c4c3)s2)OC1. The zero-order valence-corrected chi connectivity index (χ0v) is 22.0. The molecule has 12 heteroatoms. The molecule has 0 unspecified atom stereocenters. The van der Waals surface area contributed by atoms with Gasteiger partial charge >= 0.3 is 5.76 Å². The van der Waals surface area contributed by atoms with Crippen LogP contribution < -0.4 is 16.4 Å². The first-order valence-corrected chi connectivity index (χ1v) is 13.0. The Kier molecular flexibility index (Phi) is 9.07. The van der Waals surface area contributed by atoms with Crippen molar-refractivity contribution in [2.75, 3.05) is 47.4 Å². The van der Waals surface area contributed by atoms with Gasteiger partial charge in [0.05, 0.1) is 24.3 Å². The summed E-state index contributed by atoms with van der Waals surface area (Å²) in [7, 11) is 5.52. The third-order valence-electron chi connectivity index (χ3n) is 6.20. The van der Waals surface area contributed by atoms with Crippen molar-refractivity contribution < 1.29 is 18.7 Å². The number of fused-ring (bicyclic) bond motifs is 1. The van der Waals surface area contributed by atoms with Crippen molar-refractivity contribution in [3.63, 3.8) is 0 Å². The Balaban J connectivity index is 1.43. The zero-order valence-electron chi connectivity index (χ0n) is 21.2. The minimum absolute atomic E-state index is 0.0746. The molecule has 1 aliphatic heterocycles. The molecular weight excluding hydrogens is 496 g/mol. The number of nitriles is 1. The molecule has 0 spiro atoms. The standard InChI is InChI=1S/C25H32N6O5S/c1-30(2)8-9-31-20-10-16(4-5-21(20)36-25(31)33)24-28-13-19(37-24)11-17(12-26)29-23(32)22-14-27-7-6-18(34-3)15-35-22/h4-5,10,13,17-18,22,27H,6-9,11,14-15H2,1-3H3,(H,29,32)/t17-,18+,22-/m0/s1. The van der Waals surface area contributed by atoms with Gasteiger partial charge in [-0.05, 0) is 45.3 Å². The van der Waals surface area contributed by atoms with E-state index >= 15 is 0 Å². The highest BCUT2D eigenvalue weighted by molar-refractivity contribution is 7.15.